The van der Waals surface area contributed by atoms with Crippen molar-refractivity contribution in [3.63, 3.8) is 0 Å². The molecule has 0 radical (unpaired) electrons. The minimum Gasteiger partial charge on any atom is -0.192 e. The van der Waals surface area contributed by atoms with E-state index in [1.807, 2.05) is 60.7 Å². The lowest BCUT2D eigenvalue weighted by molar-refractivity contribution is 1.52. The van der Waals surface area contributed by atoms with E-state index < -0.39 is 0 Å². The molecule has 0 unspecified atom stereocenters. The molecule has 17 heavy (non-hydrogen) atoms. The van der Waals surface area contributed by atoms with Gasteiger partial charge in [-0.3, -0.25) is 0 Å². The topological polar surface area (TPSA) is 23.8 Å². The Morgan fingerprint density at radius 3 is 1.76 bits per heavy atom. The van der Waals surface area contributed by atoms with Crippen LogP contribution in [-0.2, 0) is 0 Å². The average molecular weight is 237 g/mol. The van der Waals surface area contributed by atoms with Gasteiger partial charge in [-0.05, 0) is 11.1 Å². The van der Waals surface area contributed by atoms with Gasteiger partial charge in [0.2, 0.25) is 0 Å². The molecule has 0 fully saturated rings. The summed E-state index contributed by atoms with van der Waals surface area (Å²) < 4.78 is 0. The summed E-state index contributed by atoms with van der Waals surface area (Å²) in [6.45, 7) is 0. The molecular weight excluding hydrogens is 226 g/mol. The van der Waals surface area contributed by atoms with Gasteiger partial charge in [0.05, 0.1) is 5.57 Å². The number of rotatable bonds is 2. The molecule has 0 bridgehead atoms. The van der Waals surface area contributed by atoms with Gasteiger partial charge >= 0.3 is 0 Å². The Morgan fingerprint density at radius 1 is 0.824 bits per heavy atom. The Balaban J connectivity index is 2.53. The van der Waals surface area contributed by atoms with Crippen molar-refractivity contribution >= 4 is 23.1 Å². The standard InChI is InChI=1S/C15H11NS/c16-11-14(12-7-3-1-4-8-12)15(17)13-9-5-2-6-10-13/h1-10,17H. The van der Waals surface area contributed by atoms with Gasteiger partial charge in [0.1, 0.15) is 6.07 Å². The molecular formula is C15H11NS. The highest BCUT2D eigenvalue weighted by Gasteiger charge is 2.07. The maximum atomic E-state index is 9.25. The minimum absolute atomic E-state index is 0.597. The van der Waals surface area contributed by atoms with E-state index in [0.29, 0.717) is 10.5 Å². The second-order valence-corrected chi connectivity index (χ2v) is 4.01. The van der Waals surface area contributed by atoms with Crippen molar-refractivity contribution in [2.24, 2.45) is 0 Å². The molecule has 2 aromatic carbocycles. The van der Waals surface area contributed by atoms with Crippen LogP contribution in [0.1, 0.15) is 11.1 Å². The van der Waals surface area contributed by atoms with E-state index in [0.717, 1.165) is 11.1 Å². The monoisotopic (exact) mass is 237 g/mol. The van der Waals surface area contributed by atoms with E-state index in [1.165, 1.54) is 0 Å². The predicted molar refractivity (Wildman–Crippen MR) is 74.3 cm³/mol. The summed E-state index contributed by atoms with van der Waals surface area (Å²) in [6, 6.07) is 21.5. The lowest BCUT2D eigenvalue weighted by Gasteiger charge is -2.05. The maximum Gasteiger partial charge on any atom is 0.101 e. The summed E-state index contributed by atoms with van der Waals surface area (Å²) in [7, 11) is 0. The fourth-order valence-corrected chi connectivity index (χ4v) is 1.93. The zero-order valence-electron chi connectivity index (χ0n) is 9.17. The molecule has 0 N–H and O–H groups in total. The van der Waals surface area contributed by atoms with Crippen LogP contribution in [0.2, 0.25) is 0 Å². The van der Waals surface area contributed by atoms with Gasteiger partial charge in [0.15, 0.2) is 0 Å². The first-order valence-electron chi connectivity index (χ1n) is 5.27. The molecule has 0 atom stereocenters. The largest absolute Gasteiger partial charge is 0.192 e. The van der Waals surface area contributed by atoms with Crippen LogP contribution in [0.5, 0.6) is 0 Å². The van der Waals surface area contributed by atoms with Gasteiger partial charge in [-0.2, -0.15) is 5.26 Å². The van der Waals surface area contributed by atoms with Crippen molar-refractivity contribution in [3.05, 3.63) is 71.8 Å². The summed E-state index contributed by atoms with van der Waals surface area (Å²) >= 11 is 4.46. The number of thiol groups is 1. The summed E-state index contributed by atoms with van der Waals surface area (Å²) in [6.07, 6.45) is 0. The summed E-state index contributed by atoms with van der Waals surface area (Å²) in [5.74, 6) is 0. The van der Waals surface area contributed by atoms with Gasteiger partial charge in [-0.25, -0.2) is 0 Å². The average Bonchev–Trinajstić information content (AvgIpc) is 2.42. The van der Waals surface area contributed by atoms with Crippen LogP contribution < -0.4 is 0 Å². The molecule has 0 heterocycles. The van der Waals surface area contributed by atoms with Crippen LogP contribution in [0, 0.1) is 11.3 Å². The maximum absolute atomic E-state index is 9.25. The Hall–Kier alpha value is -1.98. The van der Waals surface area contributed by atoms with E-state index in [-0.39, 0.29) is 0 Å². The molecule has 2 aromatic rings. The highest BCUT2D eigenvalue weighted by molar-refractivity contribution is 7.90. The van der Waals surface area contributed by atoms with Crippen LogP contribution >= 0.6 is 12.6 Å². The van der Waals surface area contributed by atoms with Crippen LogP contribution in [-0.4, -0.2) is 0 Å². The zero-order chi connectivity index (χ0) is 12.1. The Kier molecular flexibility index (Phi) is 3.64. The predicted octanol–water partition coefficient (Wildman–Crippen LogP) is 4.01. The summed E-state index contributed by atoms with van der Waals surface area (Å²) in [5.41, 5.74) is 2.44. The normalized spacial score (nSPS) is 11.5. The third-order valence-corrected chi connectivity index (χ3v) is 2.94. The van der Waals surface area contributed by atoms with E-state index in [2.05, 4.69) is 18.7 Å². The van der Waals surface area contributed by atoms with Gasteiger partial charge in [-0.1, -0.05) is 60.7 Å². The fourth-order valence-electron chi connectivity index (χ4n) is 1.60. The Morgan fingerprint density at radius 2 is 1.29 bits per heavy atom. The first-order valence-corrected chi connectivity index (χ1v) is 5.72. The fraction of sp³-hybridized carbons (Fsp3) is 0. The third kappa shape index (κ3) is 2.58. The van der Waals surface area contributed by atoms with Crippen LogP contribution in [0.3, 0.4) is 0 Å². The lowest BCUT2D eigenvalue weighted by Crippen LogP contribution is -1.85. The Labute approximate surface area is 106 Å². The zero-order valence-corrected chi connectivity index (χ0v) is 10.1. The highest BCUT2D eigenvalue weighted by Crippen LogP contribution is 2.28. The SMILES string of the molecule is N#CC(=C(S)c1ccccc1)c1ccccc1. The molecule has 1 nitrogen and oxygen atoms in total. The number of hydrogen-bond acceptors (Lipinski definition) is 2. The van der Waals surface area contributed by atoms with E-state index in [9.17, 15) is 5.26 Å². The number of benzene rings is 2. The summed E-state index contributed by atoms with van der Waals surface area (Å²) in [4.78, 5) is 0.708. The van der Waals surface area contributed by atoms with Crippen LogP contribution in [0.25, 0.3) is 10.5 Å². The first kappa shape index (κ1) is 11.5. The van der Waals surface area contributed by atoms with Crippen molar-refractivity contribution in [1.82, 2.24) is 0 Å². The van der Waals surface area contributed by atoms with Crippen LogP contribution in [0.15, 0.2) is 60.7 Å². The summed E-state index contributed by atoms with van der Waals surface area (Å²) in [5, 5.41) is 9.25. The van der Waals surface area contributed by atoms with Gasteiger partial charge in [0.25, 0.3) is 0 Å². The van der Waals surface area contributed by atoms with Crippen molar-refractivity contribution in [2.75, 3.05) is 0 Å². The highest BCUT2D eigenvalue weighted by atomic mass is 32.1. The minimum atomic E-state index is 0.597. The van der Waals surface area contributed by atoms with Crippen molar-refractivity contribution in [3.8, 4) is 6.07 Å². The molecule has 0 saturated heterocycles. The molecule has 0 aliphatic rings. The molecule has 2 rings (SSSR count). The second-order valence-electron chi connectivity index (χ2n) is 3.57. The van der Waals surface area contributed by atoms with Crippen molar-refractivity contribution in [1.29, 1.82) is 5.26 Å². The van der Waals surface area contributed by atoms with Gasteiger partial charge in [-0.15, -0.1) is 12.6 Å². The van der Waals surface area contributed by atoms with Gasteiger partial charge in [0, 0.05) is 4.91 Å². The van der Waals surface area contributed by atoms with E-state index in [4.69, 9.17) is 0 Å². The molecule has 82 valence electrons. The van der Waals surface area contributed by atoms with Gasteiger partial charge < -0.3 is 0 Å². The van der Waals surface area contributed by atoms with Crippen molar-refractivity contribution < 1.29 is 0 Å². The molecule has 0 aliphatic carbocycles. The molecule has 0 aromatic heterocycles. The quantitative estimate of drug-likeness (QED) is 0.476. The number of nitriles is 1. The molecule has 0 saturated carbocycles. The second kappa shape index (κ2) is 5.38. The van der Waals surface area contributed by atoms with Crippen LogP contribution in [0.4, 0.5) is 0 Å². The molecule has 0 spiro atoms. The van der Waals surface area contributed by atoms with E-state index in [1.54, 1.807) is 0 Å². The first-order chi connectivity index (χ1) is 8.33. The van der Waals surface area contributed by atoms with E-state index >= 15 is 0 Å². The number of hydrogen-bond donors (Lipinski definition) is 1. The smallest absolute Gasteiger partial charge is 0.101 e. The van der Waals surface area contributed by atoms with Crippen molar-refractivity contribution in [2.45, 2.75) is 0 Å². The third-order valence-electron chi connectivity index (χ3n) is 2.46. The molecule has 2 heteroatoms. The number of allylic oxidation sites excluding steroid dienone is 1. The number of nitrogens with zero attached hydrogens (tertiary/aromatic N) is 1. The Bertz CT molecular complexity index is 565. The lowest BCUT2D eigenvalue weighted by atomic mass is 10.0. The molecule has 0 aliphatic heterocycles. The molecule has 0 amide bonds.